The third-order valence-electron chi connectivity index (χ3n) is 1.87. The lowest BCUT2D eigenvalue weighted by atomic mass is 10.0. The number of phenolic OH excluding ortho intramolecular Hbond substituents is 1. The molecule has 1 aromatic carbocycles. The van der Waals surface area contributed by atoms with Crippen LogP contribution in [0, 0.1) is 6.92 Å². The van der Waals surface area contributed by atoms with Crippen LogP contribution in [0.1, 0.15) is 17.2 Å². The molecule has 0 aliphatic heterocycles. The van der Waals surface area contributed by atoms with E-state index < -0.39 is 6.04 Å². The molecule has 0 unspecified atom stereocenters. The van der Waals surface area contributed by atoms with Crippen molar-refractivity contribution >= 4 is 0 Å². The van der Waals surface area contributed by atoms with Crippen LogP contribution in [0.3, 0.4) is 0 Å². The van der Waals surface area contributed by atoms with Crippen LogP contribution in [-0.4, -0.2) is 16.8 Å². The second kappa shape index (κ2) is 3.56. The van der Waals surface area contributed by atoms with Crippen LogP contribution in [0.5, 0.6) is 5.75 Å². The van der Waals surface area contributed by atoms with Crippen molar-refractivity contribution in [3.8, 4) is 5.75 Å². The molecule has 1 atom stereocenters. The number of aryl methyl sites for hydroxylation is 1. The van der Waals surface area contributed by atoms with Crippen LogP contribution >= 0.6 is 0 Å². The molecule has 3 heteroatoms. The minimum Gasteiger partial charge on any atom is -0.507 e. The summed E-state index contributed by atoms with van der Waals surface area (Å²) in [6.45, 7) is 1.64. The molecule has 0 spiro atoms. The van der Waals surface area contributed by atoms with Crippen LogP contribution in [-0.2, 0) is 0 Å². The van der Waals surface area contributed by atoms with Crippen molar-refractivity contribution in [2.75, 3.05) is 6.61 Å². The molecular formula is C9H13NO2. The molecule has 0 fully saturated rings. The summed E-state index contributed by atoms with van der Waals surface area (Å²) < 4.78 is 0. The van der Waals surface area contributed by atoms with E-state index >= 15 is 0 Å². The van der Waals surface area contributed by atoms with Gasteiger partial charge in [0.1, 0.15) is 5.75 Å². The van der Waals surface area contributed by atoms with Crippen molar-refractivity contribution in [3.63, 3.8) is 0 Å². The Labute approximate surface area is 71.5 Å². The van der Waals surface area contributed by atoms with E-state index in [2.05, 4.69) is 0 Å². The molecule has 0 bridgehead atoms. The Hall–Kier alpha value is -1.06. The van der Waals surface area contributed by atoms with E-state index in [1.165, 1.54) is 0 Å². The Morgan fingerprint density at radius 2 is 2.17 bits per heavy atom. The molecule has 0 radical (unpaired) electrons. The fourth-order valence-corrected chi connectivity index (χ4v) is 1.08. The predicted octanol–water partition coefficient (Wildman–Crippen LogP) is 0.693. The summed E-state index contributed by atoms with van der Waals surface area (Å²) in [4.78, 5) is 0. The number of hydrogen-bond donors (Lipinski definition) is 3. The molecule has 0 amide bonds. The summed E-state index contributed by atoms with van der Waals surface area (Å²) in [5.41, 5.74) is 6.92. The fraction of sp³-hybridized carbons (Fsp3) is 0.333. The average molecular weight is 167 g/mol. The monoisotopic (exact) mass is 167 g/mol. The number of aliphatic hydroxyl groups is 1. The van der Waals surface area contributed by atoms with Gasteiger partial charge in [-0.15, -0.1) is 0 Å². The zero-order valence-corrected chi connectivity index (χ0v) is 6.99. The Morgan fingerprint density at radius 3 is 2.75 bits per heavy atom. The summed E-state index contributed by atoms with van der Waals surface area (Å²) in [6, 6.07) is 4.82. The largest absolute Gasteiger partial charge is 0.507 e. The second-order valence-corrected chi connectivity index (χ2v) is 2.80. The van der Waals surface area contributed by atoms with Crippen LogP contribution in [0.2, 0.25) is 0 Å². The van der Waals surface area contributed by atoms with E-state index in [-0.39, 0.29) is 12.4 Å². The highest BCUT2D eigenvalue weighted by atomic mass is 16.3. The summed E-state index contributed by atoms with van der Waals surface area (Å²) in [6.07, 6.45) is 0. The number of benzene rings is 1. The third-order valence-corrected chi connectivity index (χ3v) is 1.87. The van der Waals surface area contributed by atoms with Crippen LogP contribution in [0.15, 0.2) is 18.2 Å². The lowest BCUT2D eigenvalue weighted by molar-refractivity contribution is 0.265. The first-order valence-corrected chi connectivity index (χ1v) is 3.81. The predicted molar refractivity (Wildman–Crippen MR) is 46.9 cm³/mol. The molecule has 12 heavy (non-hydrogen) atoms. The maximum absolute atomic E-state index is 9.51. The first-order valence-electron chi connectivity index (χ1n) is 3.81. The van der Waals surface area contributed by atoms with Crippen molar-refractivity contribution in [1.29, 1.82) is 0 Å². The summed E-state index contributed by atoms with van der Waals surface area (Å²) >= 11 is 0. The minimum absolute atomic E-state index is 0.156. The molecule has 0 aliphatic carbocycles. The third kappa shape index (κ3) is 1.57. The Kier molecular flexibility index (Phi) is 2.68. The number of para-hydroxylation sites is 1. The Balaban J connectivity index is 3.07. The van der Waals surface area contributed by atoms with Crippen LogP contribution in [0.25, 0.3) is 0 Å². The van der Waals surface area contributed by atoms with Gasteiger partial charge in [-0.05, 0) is 12.5 Å². The summed E-state index contributed by atoms with van der Waals surface area (Å²) in [7, 11) is 0. The van der Waals surface area contributed by atoms with Gasteiger partial charge in [0.2, 0.25) is 0 Å². The molecule has 4 N–H and O–H groups in total. The maximum atomic E-state index is 9.51. The topological polar surface area (TPSA) is 66.5 Å². The summed E-state index contributed by atoms with van der Waals surface area (Å²) in [5.74, 6) is 0.180. The number of rotatable bonds is 2. The van der Waals surface area contributed by atoms with Gasteiger partial charge >= 0.3 is 0 Å². The average Bonchev–Trinajstić information content (AvgIpc) is 2.08. The normalized spacial score (nSPS) is 12.9. The zero-order chi connectivity index (χ0) is 9.14. The van der Waals surface area contributed by atoms with Crippen molar-refractivity contribution in [2.45, 2.75) is 13.0 Å². The van der Waals surface area contributed by atoms with Gasteiger partial charge in [0.05, 0.1) is 12.6 Å². The van der Waals surface area contributed by atoms with Crippen LogP contribution in [0.4, 0.5) is 0 Å². The van der Waals surface area contributed by atoms with Gasteiger partial charge in [-0.2, -0.15) is 0 Å². The molecule has 1 aromatic rings. The van der Waals surface area contributed by atoms with Gasteiger partial charge in [0.15, 0.2) is 0 Å². The lowest BCUT2D eigenvalue weighted by Crippen LogP contribution is -2.14. The first-order chi connectivity index (χ1) is 5.66. The van der Waals surface area contributed by atoms with E-state index in [4.69, 9.17) is 10.8 Å². The molecule has 1 rings (SSSR count). The number of phenols is 1. The van der Waals surface area contributed by atoms with E-state index in [1.807, 2.05) is 0 Å². The molecule has 0 heterocycles. The fourth-order valence-electron chi connectivity index (χ4n) is 1.08. The Morgan fingerprint density at radius 1 is 1.50 bits per heavy atom. The lowest BCUT2D eigenvalue weighted by Gasteiger charge is -2.11. The van der Waals surface area contributed by atoms with E-state index in [0.29, 0.717) is 5.56 Å². The molecular weight excluding hydrogens is 154 g/mol. The molecule has 0 saturated heterocycles. The van der Waals surface area contributed by atoms with Gasteiger partial charge in [0.25, 0.3) is 0 Å². The van der Waals surface area contributed by atoms with Crippen LogP contribution < -0.4 is 5.73 Å². The maximum Gasteiger partial charge on any atom is 0.123 e. The van der Waals surface area contributed by atoms with Gasteiger partial charge in [-0.3, -0.25) is 0 Å². The second-order valence-electron chi connectivity index (χ2n) is 2.80. The van der Waals surface area contributed by atoms with E-state index in [9.17, 15) is 5.11 Å². The SMILES string of the molecule is Cc1cccc([C@H](N)CO)c1O. The molecule has 0 aromatic heterocycles. The van der Waals surface area contributed by atoms with E-state index in [1.54, 1.807) is 25.1 Å². The van der Waals surface area contributed by atoms with Crippen molar-refractivity contribution in [1.82, 2.24) is 0 Å². The highest BCUT2D eigenvalue weighted by Crippen LogP contribution is 2.25. The molecule has 0 aliphatic rings. The Bertz CT molecular complexity index is 273. The number of hydrogen-bond acceptors (Lipinski definition) is 3. The minimum atomic E-state index is -0.495. The smallest absolute Gasteiger partial charge is 0.123 e. The molecule has 0 saturated carbocycles. The summed E-state index contributed by atoms with van der Waals surface area (Å²) in [5, 5.41) is 18.3. The number of aromatic hydroxyl groups is 1. The van der Waals surface area contributed by atoms with Crippen molar-refractivity contribution in [3.05, 3.63) is 29.3 Å². The highest BCUT2D eigenvalue weighted by molar-refractivity contribution is 5.41. The van der Waals surface area contributed by atoms with Gasteiger partial charge < -0.3 is 15.9 Å². The molecule has 66 valence electrons. The molecule has 3 nitrogen and oxygen atoms in total. The van der Waals surface area contributed by atoms with Crippen molar-refractivity contribution in [2.24, 2.45) is 5.73 Å². The number of aliphatic hydroxyl groups excluding tert-OH is 1. The van der Waals surface area contributed by atoms with Gasteiger partial charge in [-0.25, -0.2) is 0 Å². The quantitative estimate of drug-likeness (QED) is 0.607. The standard InChI is InChI=1S/C9H13NO2/c1-6-3-2-4-7(9(6)12)8(10)5-11/h2-4,8,11-12H,5,10H2,1H3/t8-/m1/s1. The van der Waals surface area contributed by atoms with Gasteiger partial charge in [-0.1, -0.05) is 18.2 Å². The number of nitrogens with two attached hydrogens (primary N) is 1. The van der Waals surface area contributed by atoms with Gasteiger partial charge in [0, 0.05) is 5.56 Å². The first kappa shape index (κ1) is 9.03. The van der Waals surface area contributed by atoms with Crippen molar-refractivity contribution < 1.29 is 10.2 Å². The highest BCUT2D eigenvalue weighted by Gasteiger charge is 2.10. The zero-order valence-electron chi connectivity index (χ0n) is 6.99. The van der Waals surface area contributed by atoms with E-state index in [0.717, 1.165) is 5.56 Å².